The maximum absolute atomic E-state index is 13.5. The quantitative estimate of drug-likeness (QED) is 0.811. The van der Waals surface area contributed by atoms with Crippen LogP contribution in [-0.2, 0) is 6.54 Å². The number of amides is 2. The molecule has 0 heterocycles. The number of halogens is 2. The van der Waals surface area contributed by atoms with Gasteiger partial charge in [-0.1, -0.05) is 18.2 Å². The van der Waals surface area contributed by atoms with Gasteiger partial charge in [-0.25, -0.2) is 9.18 Å². The van der Waals surface area contributed by atoms with Gasteiger partial charge in [0.25, 0.3) is 0 Å². The van der Waals surface area contributed by atoms with Gasteiger partial charge in [-0.2, -0.15) is 0 Å². The topological polar surface area (TPSA) is 44.4 Å². The van der Waals surface area contributed by atoms with Gasteiger partial charge in [-0.3, -0.25) is 0 Å². The summed E-state index contributed by atoms with van der Waals surface area (Å²) in [5.41, 5.74) is 3.33. The Hall–Kier alpha value is -2.27. The molecule has 0 radical (unpaired) electrons. The van der Waals surface area contributed by atoms with Crippen LogP contribution in [-0.4, -0.2) is 19.1 Å². The minimum atomic E-state index is -0.350. The van der Waals surface area contributed by atoms with Crippen molar-refractivity contribution in [1.29, 1.82) is 0 Å². The first kappa shape index (κ1) is 20.8. The van der Waals surface area contributed by atoms with Crippen LogP contribution in [0, 0.1) is 12.7 Å². The van der Waals surface area contributed by atoms with E-state index in [0.29, 0.717) is 5.56 Å². The van der Waals surface area contributed by atoms with Crippen molar-refractivity contribution < 1.29 is 21.6 Å². The third kappa shape index (κ3) is 5.64. The molecule has 0 saturated carbocycles. The van der Waals surface area contributed by atoms with Crippen LogP contribution in [0.1, 0.15) is 25.0 Å². The van der Waals surface area contributed by atoms with Gasteiger partial charge in [0.05, 0.1) is 0 Å². The van der Waals surface area contributed by atoms with Crippen LogP contribution in [0.5, 0.6) is 0 Å². The van der Waals surface area contributed by atoms with Crippen molar-refractivity contribution >= 4 is 17.4 Å². The highest BCUT2D eigenvalue weighted by atomic mass is 35.5. The number of aryl methyl sites for hydroxylation is 1. The lowest BCUT2D eigenvalue weighted by atomic mass is 10.1. The maximum atomic E-state index is 13.5. The normalized spacial score (nSPS) is 9.92. The van der Waals surface area contributed by atoms with Gasteiger partial charge in [0.15, 0.2) is 0 Å². The number of carbonyl (C=O) groups is 1. The van der Waals surface area contributed by atoms with E-state index < -0.39 is 0 Å². The predicted molar refractivity (Wildman–Crippen MR) is 97.0 cm³/mol. The molecule has 25 heavy (non-hydrogen) atoms. The molecule has 0 aromatic heterocycles. The largest absolute Gasteiger partial charge is 1.00 e. The van der Waals surface area contributed by atoms with Crippen LogP contribution < -0.4 is 27.9 Å². The standard InChI is InChI=1S/C19H24FN3O.ClH/c1-4-23(5-2)16-10-11-18(14(3)12-16)22-19(24)21-13-15-8-6-7-9-17(15)20;/h6-12H,4-5,13H2,1-3H3,(H2,21,22,24);1H/p-1. The van der Waals surface area contributed by atoms with Crippen LogP contribution >= 0.6 is 0 Å². The molecule has 0 aliphatic carbocycles. The molecular weight excluding hydrogens is 341 g/mol. The second-order valence-electron chi connectivity index (χ2n) is 5.57. The van der Waals surface area contributed by atoms with Crippen molar-refractivity contribution in [3.8, 4) is 0 Å². The Kier molecular flexibility index (Phi) is 8.22. The summed E-state index contributed by atoms with van der Waals surface area (Å²) in [4.78, 5) is 14.3. The van der Waals surface area contributed by atoms with Crippen molar-refractivity contribution in [2.24, 2.45) is 0 Å². The zero-order chi connectivity index (χ0) is 17.5. The maximum Gasteiger partial charge on any atom is 0.319 e. The number of benzene rings is 2. The number of nitrogens with zero attached hydrogens (tertiary/aromatic N) is 1. The molecule has 4 nitrogen and oxygen atoms in total. The first-order valence-corrected chi connectivity index (χ1v) is 8.19. The van der Waals surface area contributed by atoms with Crippen molar-refractivity contribution in [2.75, 3.05) is 23.3 Å². The summed E-state index contributed by atoms with van der Waals surface area (Å²) in [6, 6.07) is 12.0. The van der Waals surface area contributed by atoms with E-state index in [1.807, 2.05) is 19.1 Å². The summed E-state index contributed by atoms with van der Waals surface area (Å²) in [6.07, 6.45) is 0. The van der Waals surface area contributed by atoms with Gasteiger partial charge in [0.1, 0.15) is 5.82 Å². The minimum Gasteiger partial charge on any atom is -1.00 e. The Labute approximate surface area is 154 Å². The number of rotatable bonds is 6. The fourth-order valence-corrected chi connectivity index (χ4v) is 2.56. The van der Waals surface area contributed by atoms with Crippen molar-refractivity contribution in [3.05, 3.63) is 59.4 Å². The molecule has 2 N–H and O–H groups in total. The number of anilines is 2. The highest BCUT2D eigenvalue weighted by molar-refractivity contribution is 5.90. The van der Waals surface area contributed by atoms with E-state index in [2.05, 4.69) is 35.4 Å². The van der Waals surface area contributed by atoms with Crippen molar-refractivity contribution in [3.63, 3.8) is 0 Å². The summed E-state index contributed by atoms with van der Waals surface area (Å²) in [5.74, 6) is -0.322. The van der Waals surface area contributed by atoms with E-state index in [0.717, 1.165) is 30.0 Å². The highest BCUT2D eigenvalue weighted by Gasteiger charge is 2.08. The molecule has 0 saturated heterocycles. The number of urea groups is 1. The van der Waals surface area contributed by atoms with Gasteiger partial charge in [0.2, 0.25) is 0 Å². The summed E-state index contributed by atoms with van der Waals surface area (Å²) in [5, 5.41) is 5.49. The Morgan fingerprint density at radius 3 is 2.40 bits per heavy atom. The SMILES string of the molecule is CCN(CC)c1ccc(NC(=O)NCc2ccccc2F)c(C)c1.[Cl-]. The molecule has 0 unspecified atom stereocenters. The van der Waals surface area contributed by atoms with Gasteiger partial charge in [-0.05, 0) is 50.6 Å². The molecular formula is C19H24ClFN3O-. The Balaban J connectivity index is 0.00000312. The van der Waals surface area contributed by atoms with Gasteiger partial charge in [0, 0.05) is 36.6 Å². The number of nitrogens with one attached hydrogen (secondary N) is 2. The molecule has 136 valence electrons. The summed E-state index contributed by atoms with van der Waals surface area (Å²) in [6.45, 7) is 8.20. The fraction of sp³-hybridized carbons (Fsp3) is 0.316. The van der Waals surface area contributed by atoms with Gasteiger partial charge in [-0.15, -0.1) is 0 Å². The molecule has 6 heteroatoms. The molecule has 2 amide bonds. The van der Waals surface area contributed by atoms with Crippen LogP contribution in [0.3, 0.4) is 0 Å². The zero-order valence-electron chi connectivity index (χ0n) is 14.8. The Morgan fingerprint density at radius 1 is 1.12 bits per heavy atom. The molecule has 0 aliphatic rings. The second-order valence-corrected chi connectivity index (χ2v) is 5.57. The molecule has 0 bridgehead atoms. The van der Waals surface area contributed by atoms with Crippen LogP contribution in [0.4, 0.5) is 20.6 Å². The summed E-state index contributed by atoms with van der Waals surface area (Å²) >= 11 is 0. The molecule has 0 aliphatic heterocycles. The fourth-order valence-electron chi connectivity index (χ4n) is 2.56. The number of hydrogen-bond acceptors (Lipinski definition) is 2. The second kappa shape index (κ2) is 9.89. The molecule has 0 spiro atoms. The molecule has 2 aromatic carbocycles. The Morgan fingerprint density at radius 2 is 1.80 bits per heavy atom. The first-order valence-electron chi connectivity index (χ1n) is 8.19. The lowest BCUT2D eigenvalue weighted by molar-refractivity contribution is -0.00000871. The van der Waals surface area contributed by atoms with Crippen molar-refractivity contribution in [1.82, 2.24) is 5.32 Å². The van der Waals surface area contributed by atoms with E-state index in [4.69, 9.17) is 0 Å². The zero-order valence-corrected chi connectivity index (χ0v) is 15.5. The van der Waals surface area contributed by atoms with E-state index in [1.54, 1.807) is 18.2 Å². The third-order valence-electron chi connectivity index (χ3n) is 3.98. The van der Waals surface area contributed by atoms with E-state index >= 15 is 0 Å². The predicted octanol–water partition coefficient (Wildman–Crippen LogP) is 1.31. The van der Waals surface area contributed by atoms with Crippen LogP contribution in [0.2, 0.25) is 0 Å². The van der Waals surface area contributed by atoms with E-state index in [9.17, 15) is 9.18 Å². The molecule has 2 aromatic rings. The third-order valence-corrected chi connectivity index (χ3v) is 3.98. The number of carbonyl (C=O) groups excluding carboxylic acids is 1. The smallest absolute Gasteiger partial charge is 0.319 e. The van der Waals surface area contributed by atoms with Crippen LogP contribution in [0.25, 0.3) is 0 Å². The lowest BCUT2D eigenvalue weighted by Crippen LogP contribution is -3.00. The molecule has 0 atom stereocenters. The van der Waals surface area contributed by atoms with Crippen molar-refractivity contribution in [2.45, 2.75) is 27.3 Å². The Bertz CT molecular complexity index is 705. The lowest BCUT2D eigenvalue weighted by Gasteiger charge is -2.22. The minimum absolute atomic E-state index is 0. The molecule has 0 fully saturated rings. The van der Waals surface area contributed by atoms with E-state index in [1.165, 1.54) is 6.07 Å². The monoisotopic (exact) mass is 364 g/mol. The summed E-state index contributed by atoms with van der Waals surface area (Å²) < 4.78 is 13.5. The van der Waals surface area contributed by atoms with Gasteiger partial charge < -0.3 is 27.9 Å². The molecule has 2 rings (SSSR count). The van der Waals surface area contributed by atoms with E-state index in [-0.39, 0.29) is 30.8 Å². The highest BCUT2D eigenvalue weighted by Crippen LogP contribution is 2.22. The van der Waals surface area contributed by atoms with Gasteiger partial charge >= 0.3 is 6.03 Å². The number of hydrogen-bond donors (Lipinski definition) is 2. The summed E-state index contributed by atoms with van der Waals surface area (Å²) in [7, 11) is 0. The average Bonchev–Trinajstić information content (AvgIpc) is 2.57. The average molecular weight is 365 g/mol. The first-order chi connectivity index (χ1) is 11.5. The van der Waals surface area contributed by atoms with Crippen LogP contribution in [0.15, 0.2) is 42.5 Å².